The monoisotopic (exact) mass is 351 g/mol. The summed E-state index contributed by atoms with van der Waals surface area (Å²) < 4.78 is 54.8. The Bertz CT molecular complexity index is 574. The van der Waals surface area contributed by atoms with Gasteiger partial charge in [-0.25, -0.2) is 26.7 Å². The van der Waals surface area contributed by atoms with Crippen molar-refractivity contribution in [1.82, 2.24) is 14.3 Å². The lowest BCUT2D eigenvalue weighted by Gasteiger charge is -2.36. The van der Waals surface area contributed by atoms with Crippen LogP contribution in [0.25, 0.3) is 0 Å². The fourth-order valence-corrected chi connectivity index (χ4v) is 2.73. The Morgan fingerprint density at radius 1 is 1.30 bits per heavy atom. The molecule has 0 saturated carbocycles. The van der Waals surface area contributed by atoms with Crippen LogP contribution in [0.15, 0.2) is 18.2 Å². The molecule has 2 amide bonds. The van der Waals surface area contributed by atoms with E-state index in [1.165, 1.54) is 4.31 Å². The zero-order valence-corrected chi connectivity index (χ0v) is 12.5. The molecule has 0 aliphatic carbocycles. The number of carbonyl (C=O) groups excluding carboxylic acids is 2. The van der Waals surface area contributed by atoms with Crippen molar-refractivity contribution in [2.75, 3.05) is 13.1 Å². The van der Waals surface area contributed by atoms with Crippen molar-refractivity contribution < 1.29 is 27.2 Å². The number of nitrogens with one attached hydrogen (secondary N) is 2. The van der Waals surface area contributed by atoms with E-state index in [0.29, 0.717) is 24.5 Å². The lowest BCUT2D eigenvalue weighted by Crippen LogP contribution is -2.54. The normalized spacial score (nSPS) is 17.9. The molecule has 1 aliphatic rings. The van der Waals surface area contributed by atoms with E-state index < -0.39 is 42.7 Å². The van der Waals surface area contributed by atoms with Crippen molar-refractivity contribution in [3.05, 3.63) is 35.4 Å². The second kappa shape index (κ2) is 7.18. The number of rotatable bonds is 6. The molecule has 23 heavy (non-hydrogen) atoms. The summed E-state index contributed by atoms with van der Waals surface area (Å²) in [7, 11) is 0. The summed E-state index contributed by atoms with van der Waals surface area (Å²) in [5.74, 6) is -4.33. The van der Waals surface area contributed by atoms with Crippen molar-refractivity contribution in [3.8, 4) is 0 Å². The van der Waals surface area contributed by atoms with Crippen LogP contribution in [0, 0.1) is 11.6 Å². The van der Waals surface area contributed by atoms with Crippen LogP contribution >= 0.6 is 12.1 Å². The summed E-state index contributed by atoms with van der Waals surface area (Å²) in [5, 5.41) is 2.28. The van der Waals surface area contributed by atoms with Crippen molar-refractivity contribution in [1.29, 1.82) is 0 Å². The maximum absolute atomic E-state index is 13.1. The van der Waals surface area contributed by atoms with Gasteiger partial charge in [-0.1, -0.05) is 0 Å². The predicted octanol–water partition coefficient (Wildman–Crippen LogP) is 1.89. The molecule has 1 heterocycles. The SMILES string of the molecule is O=CC(Cc1cc(F)cc(F)c1)NC(=O)NSN1CC(F)(F)C1. The Morgan fingerprint density at radius 3 is 2.43 bits per heavy atom. The van der Waals surface area contributed by atoms with Crippen molar-refractivity contribution in [3.63, 3.8) is 0 Å². The van der Waals surface area contributed by atoms with Gasteiger partial charge in [0.2, 0.25) is 0 Å². The second-order valence-corrected chi connectivity index (χ2v) is 5.95. The topological polar surface area (TPSA) is 61.4 Å². The molecule has 2 rings (SSSR count). The Balaban J connectivity index is 1.79. The number of nitrogens with zero attached hydrogens (tertiary/aromatic N) is 1. The number of halogens is 4. The lowest BCUT2D eigenvalue weighted by molar-refractivity contribution is -0.109. The first kappa shape index (κ1) is 17.5. The van der Waals surface area contributed by atoms with Gasteiger partial charge in [0.25, 0.3) is 5.92 Å². The molecule has 1 unspecified atom stereocenters. The smallest absolute Gasteiger partial charge is 0.326 e. The third-order valence-corrected chi connectivity index (χ3v) is 3.73. The minimum absolute atomic E-state index is 0.0992. The number of urea groups is 1. The molecule has 126 valence electrons. The Labute approximate surface area is 133 Å². The molecule has 1 saturated heterocycles. The molecule has 0 spiro atoms. The minimum atomic E-state index is -2.75. The third-order valence-electron chi connectivity index (χ3n) is 2.94. The lowest BCUT2D eigenvalue weighted by atomic mass is 10.1. The Hall–Kier alpha value is -1.81. The van der Waals surface area contributed by atoms with E-state index in [4.69, 9.17) is 0 Å². The number of carbonyl (C=O) groups is 2. The standard InChI is InChI=1S/C13H13F4N3O2S/c14-9-1-8(2-10(15)4-9)3-11(5-21)18-12(22)19-23-20-6-13(16,17)7-20/h1-2,4-5,11H,3,6-7H2,(H2,18,19,22). The van der Waals surface area contributed by atoms with E-state index >= 15 is 0 Å². The van der Waals surface area contributed by atoms with Gasteiger partial charge in [0.05, 0.1) is 19.1 Å². The first-order valence-corrected chi connectivity index (χ1v) is 7.31. The van der Waals surface area contributed by atoms with Gasteiger partial charge >= 0.3 is 6.03 Å². The molecule has 0 aromatic heterocycles. The van der Waals surface area contributed by atoms with Crippen LogP contribution in [-0.2, 0) is 11.2 Å². The molecule has 2 N–H and O–H groups in total. The highest BCUT2D eigenvalue weighted by Gasteiger charge is 2.44. The number of aldehydes is 1. The molecule has 5 nitrogen and oxygen atoms in total. The van der Waals surface area contributed by atoms with E-state index in [9.17, 15) is 27.2 Å². The van der Waals surface area contributed by atoms with E-state index in [2.05, 4.69) is 10.0 Å². The van der Waals surface area contributed by atoms with E-state index in [0.717, 1.165) is 12.1 Å². The van der Waals surface area contributed by atoms with Crippen LogP contribution in [0.5, 0.6) is 0 Å². The van der Waals surface area contributed by atoms with Gasteiger partial charge in [-0.15, -0.1) is 0 Å². The van der Waals surface area contributed by atoms with Gasteiger partial charge in [0, 0.05) is 18.2 Å². The molecule has 1 aromatic rings. The summed E-state index contributed by atoms with van der Waals surface area (Å²) >= 11 is 0.693. The molecule has 1 fully saturated rings. The van der Waals surface area contributed by atoms with E-state index in [-0.39, 0.29) is 12.0 Å². The summed E-state index contributed by atoms with van der Waals surface area (Å²) in [6.45, 7) is -0.949. The number of alkyl halides is 2. The van der Waals surface area contributed by atoms with Gasteiger partial charge in [0.15, 0.2) is 0 Å². The number of hydrogen-bond acceptors (Lipinski definition) is 4. The predicted molar refractivity (Wildman–Crippen MR) is 75.7 cm³/mol. The molecular weight excluding hydrogens is 338 g/mol. The third kappa shape index (κ3) is 5.39. The minimum Gasteiger partial charge on any atom is -0.328 e. The van der Waals surface area contributed by atoms with Crippen molar-refractivity contribution >= 4 is 24.5 Å². The second-order valence-electron chi connectivity index (χ2n) is 5.05. The van der Waals surface area contributed by atoms with Crippen LogP contribution < -0.4 is 10.0 Å². The first-order chi connectivity index (χ1) is 10.8. The number of amides is 2. The largest absolute Gasteiger partial charge is 0.328 e. The highest BCUT2D eigenvalue weighted by Crippen LogP contribution is 2.30. The average molecular weight is 351 g/mol. The maximum atomic E-state index is 13.1. The molecule has 0 radical (unpaired) electrons. The highest BCUT2D eigenvalue weighted by molar-refractivity contribution is 7.95. The molecule has 1 aromatic carbocycles. The fraction of sp³-hybridized carbons (Fsp3) is 0.385. The molecule has 10 heteroatoms. The first-order valence-electron chi connectivity index (χ1n) is 6.54. The van der Waals surface area contributed by atoms with E-state index in [1.807, 2.05) is 0 Å². The van der Waals surface area contributed by atoms with Gasteiger partial charge in [-0.05, 0) is 24.1 Å². The summed E-state index contributed by atoms with van der Waals surface area (Å²) in [4.78, 5) is 22.5. The Morgan fingerprint density at radius 2 is 1.91 bits per heavy atom. The van der Waals surface area contributed by atoms with Gasteiger partial charge in [0.1, 0.15) is 17.9 Å². The van der Waals surface area contributed by atoms with Crippen molar-refractivity contribution in [2.24, 2.45) is 0 Å². The molecular formula is C13H13F4N3O2S. The maximum Gasteiger partial charge on any atom is 0.326 e. The zero-order chi connectivity index (χ0) is 17.0. The molecule has 1 aliphatic heterocycles. The van der Waals surface area contributed by atoms with Crippen LogP contribution in [0.3, 0.4) is 0 Å². The van der Waals surface area contributed by atoms with Crippen LogP contribution in [0.2, 0.25) is 0 Å². The van der Waals surface area contributed by atoms with Crippen LogP contribution in [-0.4, -0.2) is 41.7 Å². The van der Waals surface area contributed by atoms with Crippen LogP contribution in [0.4, 0.5) is 22.4 Å². The van der Waals surface area contributed by atoms with Gasteiger partial charge in [-0.2, -0.15) is 0 Å². The Kier molecular flexibility index (Phi) is 5.47. The average Bonchev–Trinajstić information content (AvgIpc) is 2.40. The number of hydrogen-bond donors (Lipinski definition) is 2. The highest BCUT2D eigenvalue weighted by atomic mass is 32.2. The zero-order valence-electron chi connectivity index (χ0n) is 11.7. The van der Waals surface area contributed by atoms with Gasteiger partial charge < -0.3 is 10.1 Å². The quantitative estimate of drug-likeness (QED) is 0.467. The summed E-state index contributed by atoms with van der Waals surface area (Å²) in [6.07, 6.45) is 0.322. The molecule has 1 atom stereocenters. The fourth-order valence-electron chi connectivity index (χ4n) is 1.95. The van der Waals surface area contributed by atoms with Crippen molar-refractivity contribution in [2.45, 2.75) is 18.4 Å². The number of benzene rings is 1. The van der Waals surface area contributed by atoms with Gasteiger partial charge in [-0.3, -0.25) is 4.72 Å². The summed E-state index contributed by atoms with van der Waals surface area (Å²) in [6, 6.07) is 1.03. The van der Waals surface area contributed by atoms with Crippen LogP contribution in [0.1, 0.15) is 5.56 Å². The summed E-state index contributed by atoms with van der Waals surface area (Å²) in [5.41, 5.74) is 0.204. The van der Waals surface area contributed by atoms with E-state index in [1.54, 1.807) is 0 Å². The molecule has 0 bridgehead atoms.